The van der Waals surface area contributed by atoms with Crippen LogP contribution in [0, 0.1) is 0 Å². The first-order valence-corrected chi connectivity index (χ1v) is 7.87. The third-order valence-corrected chi connectivity index (χ3v) is 4.33. The van der Waals surface area contributed by atoms with Crippen molar-refractivity contribution in [3.05, 3.63) is 45.9 Å². The number of carbonyl (C=O) groups is 1. The summed E-state index contributed by atoms with van der Waals surface area (Å²) < 4.78 is 10.7. The van der Waals surface area contributed by atoms with Gasteiger partial charge in [0.05, 0.1) is 0 Å². The number of hydrogen-bond acceptors (Lipinski definition) is 5. The Balaban J connectivity index is 1.34. The van der Waals surface area contributed by atoms with Crippen molar-refractivity contribution >= 4 is 5.91 Å². The van der Waals surface area contributed by atoms with Gasteiger partial charge in [0.1, 0.15) is 5.69 Å². The van der Waals surface area contributed by atoms with Gasteiger partial charge in [-0.3, -0.25) is 24.7 Å². The molecule has 1 fully saturated rings. The number of nitrogens with one attached hydrogen (secondary N) is 2. The summed E-state index contributed by atoms with van der Waals surface area (Å²) in [5, 5.41) is 5.00. The molecule has 0 saturated carbocycles. The van der Waals surface area contributed by atoms with Crippen LogP contribution in [-0.4, -0.2) is 58.9 Å². The van der Waals surface area contributed by atoms with Gasteiger partial charge >= 0.3 is 0 Å². The van der Waals surface area contributed by atoms with Crippen LogP contribution in [0.5, 0.6) is 11.5 Å². The lowest BCUT2D eigenvalue weighted by Gasteiger charge is -2.34. The molecule has 0 aliphatic carbocycles. The SMILES string of the molecule is O=C(c1cc(=O)[nH][nH]1)N1CCN(Cc2ccc3c(c2)OCO3)CC1. The van der Waals surface area contributed by atoms with Crippen molar-refractivity contribution in [3.8, 4) is 11.5 Å². The quantitative estimate of drug-likeness (QED) is 0.850. The van der Waals surface area contributed by atoms with Gasteiger partial charge in [-0.05, 0) is 17.7 Å². The fourth-order valence-electron chi connectivity index (χ4n) is 3.02. The Bertz CT molecular complexity index is 804. The Morgan fingerprint density at radius 2 is 1.83 bits per heavy atom. The summed E-state index contributed by atoms with van der Waals surface area (Å²) in [5.74, 6) is 1.43. The van der Waals surface area contributed by atoms with Crippen LogP contribution < -0.4 is 15.0 Å². The number of ether oxygens (including phenoxy) is 2. The Kier molecular flexibility index (Phi) is 3.73. The maximum atomic E-state index is 12.3. The molecule has 2 aromatic rings. The highest BCUT2D eigenvalue weighted by molar-refractivity contribution is 5.92. The van der Waals surface area contributed by atoms with Crippen molar-refractivity contribution in [1.29, 1.82) is 0 Å². The van der Waals surface area contributed by atoms with E-state index < -0.39 is 0 Å². The molecule has 0 unspecified atom stereocenters. The Morgan fingerprint density at radius 1 is 1.04 bits per heavy atom. The molecule has 8 nitrogen and oxygen atoms in total. The smallest absolute Gasteiger partial charge is 0.272 e. The van der Waals surface area contributed by atoms with E-state index in [0.29, 0.717) is 18.8 Å². The van der Waals surface area contributed by atoms with Gasteiger partial charge in [-0.15, -0.1) is 0 Å². The monoisotopic (exact) mass is 330 g/mol. The van der Waals surface area contributed by atoms with Crippen LogP contribution in [0.4, 0.5) is 0 Å². The molecule has 0 atom stereocenters. The minimum absolute atomic E-state index is 0.143. The normalized spacial score (nSPS) is 17.2. The number of benzene rings is 1. The summed E-state index contributed by atoms with van der Waals surface area (Å²) >= 11 is 0. The molecular weight excluding hydrogens is 312 g/mol. The zero-order chi connectivity index (χ0) is 16.5. The number of nitrogens with zero attached hydrogens (tertiary/aromatic N) is 2. The number of piperazine rings is 1. The number of rotatable bonds is 3. The number of hydrogen-bond donors (Lipinski definition) is 2. The van der Waals surface area contributed by atoms with Gasteiger partial charge in [-0.1, -0.05) is 6.07 Å². The van der Waals surface area contributed by atoms with Crippen molar-refractivity contribution in [3.63, 3.8) is 0 Å². The molecule has 1 aromatic heterocycles. The fraction of sp³-hybridized carbons (Fsp3) is 0.375. The Labute approximate surface area is 137 Å². The largest absolute Gasteiger partial charge is 0.454 e. The van der Waals surface area contributed by atoms with Gasteiger partial charge in [0.25, 0.3) is 11.5 Å². The number of H-pyrrole nitrogens is 2. The highest BCUT2D eigenvalue weighted by Crippen LogP contribution is 2.32. The molecule has 0 radical (unpaired) electrons. The third-order valence-electron chi connectivity index (χ3n) is 4.33. The first-order chi connectivity index (χ1) is 11.7. The maximum Gasteiger partial charge on any atom is 0.272 e. The molecule has 1 saturated heterocycles. The van der Waals surface area contributed by atoms with E-state index in [1.807, 2.05) is 18.2 Å². The molecule has 2 aliphatic rings. The standard InChI is InChI=1S/C16H18N4O4/c21-15-8-12(17-18-15)16(22)20-5-3-19(4-6-20)9-11-1-2-13-14(7-11)24-10-23-13/h1-2,7-8H,3-6,9-10H2,(H2,17,18,21). The van der Waals surface area contributed by atoms with Crippen LogP contribution in [0.2, 0.25) is 0 Å². The molecule has 3 heterocycles. The van der Waals surface area contributed by atoms with E-state index in [-0.39, 0.29) is 18.3 Å². The number of aromatic amines is 2. The molecule has 8 heteroatoms. The predicted octanol–water partition coefficient (Wildman–Crippen LogP) is 0.390. The first-order valence-electron chi connectivity index (χ1n) is 7.87. The maximum absolute atomic E-state index is 12.3. The second-order valence-corrected chi connectivity index (χ2v) is 5.93. The summed E-state index contributed by atoms with van der Waals surface area (Å²) in [7, 11) is 0. The van der Waals surface area contributed by atoms with E-state index in [1.165, 1.54) is 6.07 Å². The van der Waals surface area contributed by atoms with Gasteiger partial charge in [0.15, 0.2) is 11.5 Å². The zero-order valence-corrected chi connectivity index (χ0v) is 13.1. The summed E-state index contributed by atoms with van der Waals surface area (Å²) in [6.07, 6.45) is 0. The van der Waals surface area contributed by atoms with Crippen molar-refractivity contribution in [2.45, 2.75) is 6.54 Å². The fourth-order valence-corrected chi connectivity index (χ4v) is 3.02. The van der Waals surface area contributed by atoms with Crippen molar-refractivity contribution in [1.82, 2.24) is 20.0 Å². The van der Waals surface area contributed by atoms with E-state index in [0.717, 1.165) is 36.7 Å². The summed E-state index contributed by atoms with van der Waals surface area (Å²) in [4.78, 5) is 27.5. The minimum Gasteiger partial charge on any atom is -0.454 e. The summed E-state index contributed by atoms with van der Waals surface area (Å²) in [6.45, 7) is 3.93. The zero-order valence-electron chi connectivity index (χ0n) is 13.1. The van der Waals surface area contributed by atoms with E-state index in [2.05, 4.69) is 15.1 Å². The van der Waals surface area contributed by atoms with Crippen LogP contribution >= 0.6 is 0 Å². The average molecular weight is 330 g/mol. The van der Waals surface area contributed by atoms with Gasteiger partial charge in [-0.25, -0.2) is 0 Å². The summed E-state index contributed by atoms with van der Waals surface area (Å²) in [5.41, 5.74) is 1.18. The van der Waals surface area contributed by atoms with Gasteiger partial charge in [0, 0.05) is 38.8 Å². The topological polar surface area (TPSA) is 90.7 Å². The highest BCUT2D eigenvalue weighted by atomic mass is 16.7. The van der Waals surface area contributed by atoms with Crippen molar-refractivity contribution in [2.24, 2.45) is 0 Å². The molecule has 1 aromatic carbocycles. The van der Waals surface area contributed by atoms with Gasteiger partial charge in [-0.2, -0.15) is 0 Å². The van der Waals surface area contributed by atoms with Gasteiger partial charge < -0.3 is 14.4 Å². The molecule has 0 spiro atoms. The lowest BCUT2D eigenvalue weighted by molar-refractivity contribution is 0.0622. The first kappa shape index (κ1) is 14.8. The van der Waals surface area contributed by atoms with E-state index in [9.17, 15) is 9.59 Å². The molecule has 24 heavy (non-hydrogen) atoms. The van der Waals surface area contributed by atoms with E-state index in [4.69, 9.17) is 9.47 Å². The molecule has 2 N–H and O–H groups in total. The van der Waals surface area contributed by atoms with Gasteiger partial charge in [0.2, 0.25) is 6.79 Å². The second kappa shape index (κ2) is 6.04. The molecular formula is C16H18N4O4. The van der Waals surface area contributed by atoms with Crippen LogP contribution in [0.3, 0.4) is 0 Å². The lowest BCUT2D eigenvalue weighted by Crippen LogP contribution is -2.48. The van der Waals surface area contributed by atoms with Crippen molar-refractivity contribution in [2.75, 3.05) is 33.0 Å². The van der Waals surface area contributed by atoms with Crippen molar-refractivity contribution < 1.29 is 14.3 Å². The van der Waals surface area contributed by atoms with E-state index >= 15 is 0 Å². The number of aromatic nitrogens is 2. The third kappa shape index (κ3) is 2.88. The number of carbonyl (C=O) groups excluding carboxylic acids is 1. The predicted molar refractivity (Wildman–Crippen MR) is 85.2 cm³/mol. The highest BCUT2D eigenvalue weighted by Gasteiger charge is 2.23. The van der Waals surface area contributed by atoms with Crippen LogP contribution in [0.1, 0.15) is 16.1 Å². The molecule has 4 rings (SSSR count). The Hall–Kier alpha value is -2.74. The Morgan fingerprint density at radius 3 is 2.58 bits per heavy atom. The van der Waals surface area contributed by atoms with Crippen LogP contribution in [0.15, 0.2) is 29.1 Å². The molecule has 0 bridgehead atoms. The summed E-state index contributed by atoms with van der Waals surface area (Å²) in [6, 6.07) is 7.26. The van der Waals surface area contributed by atoms with Crippen LogP contribution in [-0.2, 0) is 6.54 Å². The molecule has 2 aliphatic heterocycles. The second-order valence-electron chi connectivity index (χ2n) is 5.93. The van der Waals surface area contributed by atoms with Crippen LogP contribution in [0.25, 0.3) is 0 Å². The average Bonchev–Trinajstić information content (AvgIpc) is 3.23. The number of amides is 1. The molecule has 1 amide bonds. The van der Waals surface area contributed by atoms with E-state index in [1.54, 1.807) is 4.90 Å². The number of fused-ring (bicyclic) bond motifs is 1. The lowest BCUT2D eigenvalue weighted by atomic mass is 10.1. The minimum atomic E-state index is -0.292. The molecule has 126 valence electrons.